The minimum absolute atomic E-state index is 0.0836. The predicted octanol–water partition coefficient (Wildman–Crippen LogP) is 4.96. The van der Waals surface area contributed by atoms with Crippen LogP contribution in [0, 0.1) is 0 Å². The number of halogens is 2. The Kier molecular flexibility index (Phi) is 5.11. The van der Waals surface area contributed by atoms with Gasteiger partial charge in [0, 0.05) is 22.2 Å². The van der Waals surface area contributed by atoms with Crippen LogP contribution in [-0.2, 0) is 17.8 Å². The van der Waals surface area contributed by atoms with E-state index in [-0.39, 0.29) is 12.5 Å². The van der Waals surface area contributed by atoms with Crippen LogP contribution in [0.1, 0.15) is 22.8 Å². The van der Waals surface area contributed by atoms with Crippen LogP contribution < -0.4 is 5.32 Å². The summed E-state index contributed by atoms with van der Waals surface area (Å²) in [6.07, 6.45) is 3.33. The van der Waals surface area contributed by atoms with E-state index in [0.29, 0.717) is 21.3 Å². The van der Waals surface area contributed by atoms with Crippen LogP contribution in [0.25, 0.3) is 10.9 Å². The summed E-state index contributed by atoms with van der Waals surface area (Å²) in [6.45, 7) is 2.13. The van der Waals surface area contributed by atoms with Crippen LogP contribution in [0.3, 0.4) is 0 Å². The van der Waals surface area contributed by atoms with Crippen molar-refractivity contribution in [3.05, 3.63) is 63.8 Å². The number of nitrogens with one attached hydrogen (secondary N) is 1. The molecule has 0 saturated carbocycles. The fraction of sp³-hybridized carbons (Fsp3) is 0.158. The Hall–Kier alpha value is -2.30. The number of hydrogen-bond acceptors (Lipinski definition) is 2. The summed E-state index contributed by atoms with van der Waals surface area (Å²) < 4.78 is 1.80. The van der Waals surface area contributed by atoms with Gasteiger partial charge in [-0.15, -0.1) is 0 Å². The van der Waals surface area contributed by atoms with Crippen molar-refractivity contribution in [3.63, 3.8) is 0 Å². The number of fused-ring (bicyclic) bond motifs is 1. The SMILES string of the molecule is CCc1cccc2c(C=O)cn(CC(=O)Nc3ccc(Cl)cc3Cl)c12. The molecule has 0 saturated heterocycles. The highest BCUT2D eigenvalue weighted by Crippen LogP contribution is 2.27. The lowest BCUT2D eigenvalue weighted by Gasteiger charge is -2.10. The second-order valence-corrected chi connectivity index (χ2v) is 6.51. The molecule has 0 aliphatic rings. The smallest absolute Gasteiger partial charge is 0.244 e. The number of carbonyl (C=O) groups is 2. The van der Waals surface area contributed by atoms with Crippen molar-refractivity contribution in [1.82, 2.24) is 4.57 Å². The van der Waals surface area contributed by atoms with Crippen molar-refractivity contribution in [2.45, 2.75) is 19.9 Å². The second kappa shape index (κ2) is 7.30. The summed E-state index contributed by atoms with van der Waals surface area (Å²) in [7, 11) is 0. The first-order valence-corrected chi connectivity index (χ1v) is 8.60. The van der Waals surface area contributed by atoms with Gasteiger partial charge in [0.25, 0.3) is 0 Å². The van der Waals surface area contributed by atoms with Crippen molar-refractivity contribution in [3.8, 4) is 0 Å². The van der Waals surface area contributed by atoms with E-state index in [1.54, 1.807) is 29.0 Å². The Morgan fingerprint density at radius 1 is 1.24 bits per heavy atom. The van der Waals surface area contributed by atoms with Gasteiger partial charge in [-0.05, 0) is 30.2 Å². The Morgan fingerprint density at radius 3 is 2.72 bits per heavy atom. The number of aldehydes is 1. The first-order valence-electron chi connectivity index (χ1n) is 7.84. The molecule has 6 heteroatoms. The molecule has 0 atom stereocenters. The fourth-order valence-electron chi connectivity index (χ4n) is 2.90. The van der Waals surface area contributed by atoms with E-state index < -0.39 is 0 Å². The molecular formula is C19H16Cl2N2O2. The number of aryl methyl sites for hydroxylation is 1. The molecule has 0 fully saturated rings. The largest absolute Gasteiger partial charge is 0.337 e. The molecule has 128 valence electrons. The number of carbonyl (C=O) groups excluding carboxylic acids is 2. The number of para-hydroxylation sites is 1. The summed E-state index contributed by atoms with van der Waals surface area (Å²) in [5.41, 5.74) is 3.06. The van der Waals surface area contributed by atoms with E-state index in [1.165, 1.54) is 0 Å². The first kappa shape index (κ1) is 17.5. The third-order valence-electron chi connectivity index (χ3n) is 4.04. The van der Waals surface area contributed by atoms with Crippen LogP contribution in [0.5, 0.6) is 0 Å². The monoisotopic (exact) mass is 374 g/mol. The molecule has 0 unspecified atom stereocenters. The van der Waals surface area contributed by atoms with Crippen molar-refractivity contribution >= 4 is 52.0 Å². The van der Waals surface area contributed by atoms with E-state index in [1.807, 2.05) is 25.1 Å². The summed E-state index contributed by atoms with van der Waals surface area (Å²) in [5.74, 6) is -0.232. The number of nitrogens with zero attached hydrogens (tertiary/aromatic N) is 1. The summed E-state index contributed by atoms with van der Waals surface area (Å²) in [4.78, 5) is 23.8. The third kappa shape index (κ3) is 3.55. The zero-order valence-corrected chi connectivity index (χ0v) is 15.1. The topological polar surface area (TPSA) is 51.1 Å². The van der Waals surface area contributed by atoms with Gasteiger partial charge in [0.05, 0.1) is 16.2 Å². The molecule has 1 heterocycles. The van der Waals surface area contributed by atoms with Crippen molar-refractivity contribution in [1.29, 1.82) is 0 Å². The highest BCUT2D eigenvalue weighted by molar-refractivity contribution is 6.36. The highest BCUT2D eigenvalue weighted by atomic mass is 35.5. The van der Waals surface area contributed by atoms with Gasteiger partial charge in [-0.1, -0.05) is 48.3 Å². The molecule has 0 radical (unpaired) electrons. The maximum atomic E-state index is 12.4. The van der Waals surface area contributed by atoms with Gasteiger partial charge >= 0.3 is 0 Å². The van der Waals surface area contributed by atoms with Gasteiger partial charge in [-0.2, -0.15) is 0 Å². The molecule has 2 aromatic carbocycles. The van der Waals surface area contributed by atoms with E-state index in [4.69, 9.17) is 23.2 Å². The first-order chi connectivity index (χ1) is 12.0. The Bertz CT molecular complexity index is 963. The van der Waals surface area contributed by atoms with E-state index in [2.05, 4.69) is 5.32 Å². The van der Waals surface area contributed by atoms with Crippen LogP contribution in [0.4, 0.5) is 5.69 Å². The molecule has 0 aliphatic heterocycles. The van der Waals surface area contributed by atoms with E-state index in [9.17, 15) is 9.59 Å². The van der Waals surface area contributed by atoms with Crippen molar-refractivity contribution < 1.29 is 9.59 Å². The van der Waals surface area contributed by atoms with Gasteiger partial charge < -0.3 is 9.88 Å². The zero-order valence-electron chi connectivity index (χ0n) is 13.6. The summed E-state index contributed by atoms with van der Waals surface area (Å²) in [5, 5.41) is 4.51. The Labute approximate surface area is 155 Å². The molecule has 1 aromatic heterocycles. The lowest BCUT2D eigenvalue weighted by atomic mass is 10.1. The standard InChI is InChI=1S/C19H16Cl2N2O2/c1-2-12-4-3-5-15-13(11-24)9-23(19(12)15)10-18(25)22-17-7-6-14(20)8-16(17)21/h3-9,11H,2,10H2,1H3,(H,22,25). The van der Waals surface area contributed by atoms with Gasteiger partial charge in [0.2, 0.25) is 5.91 Å². The van der Waals surface area contributed by atoms with Gasteiger partial charge in [0.15, 0.2) is 6.29 Å². The number of anilines is 1. The van der Waals surface area contributed by atoms with Gasteiger partial charge in [-0.3, -0.25) is 9.59 Å². The number of hydrogen-bond donors (Lipinski definition) is 1. The highest BCUT2D eigenvalue weighted by Gasteiger charge is 2.14. The molecule has 1 amide bonds. The number of rotatable bonds is 5. The minimum atomic E-state index is -0.232. The van der Waals surface area contributed by atoms with Crippen molar-refractivity contribution in [2.75, 3.05) is 5.32 Å². The molecule has 3 aromatic rings. The quantitative estimate of drug-likeness (QED) is 0.641. The average molecular weight is 375 g/mol. The van der Waals surface area contributed by atoms with Crippen LogP contribution in [0.15, 0.2) is 42.6 Å². The average Bonchev–Trinajstić information content (AvgIpc) is 2.95. The normalized spacial score (nSPS) is 10.8. The molecule has 0 bridgehead atoms. The maximum absolute atomic E-state index is 12.4. The van der Waals surface area contributed by atoms with Crippen LogP contribution >= 0.6 is 23.2 Å². The van der Waals surface area contributed by atoms with Crippen LogP contribution in [0.2, 0.25) is 10.0 Å². The predicted molar refractivity (Wildman–Crippen MR) is 102 cm³/mol. The minimum Gasteiger partial charge on any atom is -0.337 e. The van der Waals surface area contributed by atoms with E-state index >= 15 is 0 Å². The fourth-order valence-corrected chi connectivity index (χ4v) is 3.36. The lowest BCUT2D eigenvalue weighted by molar-refractivity contribution is -0.116. The van der Waals surface area contributed by atoms with E-state index in [0.717, 1.165) is 29.2 Å². The molecule has 0 aliphatic carbocycles. The maximum Gasteiger partial charge on any atom is 0.244 e. The van der Waals surface area contributed by atoms with Gasteiger partial charge in [0.1, 0.15) is 6.54 Å². The third-order valence-corrected chi connectivity index (χ3v) is 4.59. The van der Waals surface area contributed by atoms with Gasteiger partial charge in [-0.25, -0.2) is 0 Å². The Balaban J connectivity index is 1.92. The summed E-state index contributed by atoms with van der Waals surface area (Å²) >= 11 is 12.0. The molecular weight excluding hydrogens is 359 g/mol. The Morgan fingerprint density at radius 2 is 2.04 bits per heavy atom. The lowest BCUT2D eigenvalue weighted by Crippen LogP contribution is -2.18. The molecule has 25 heavy (non-hydrogen) atoms. The molecule has 4 nitrogen and oxygen atoms in total. The number of benzene rings is 2. The molecule has 0 spiro atoms. The van der Waals surface area contributed by atoms with Crippen LogP contribution in [-0.4, -0.2) is 16.8 Å². The zero-order chi connectivity index (χ0) is 18.0. The summed E-state index contributed by atoms with van der Waals surface area (Å²) in [6, 6.07) is 10.7. The second-order valence-electron chi connectivity index (χ2n) is 5.67. The van der Waals surface area contributed by atoms with Crippen molar-refractivity contribution in [2.24, 2.45) is 0 Å². The number of aromatic nitrogens is 1. The molecule has 3 rings (SSSR count). The number of amides is 1. The molecule has 1 N–H and O–H groups in total.